The maximum absolute atomic E-state index is 9.40. The van der Waals surface area contributed by atoms with E-state index in [1.807, 2.05) is 26.0 Å². The third-order valence-corrected chi connectivity index (χ3v) is 6.48. The molecule has 3 rings (SSSR count). The Hall–Kier alpha value is -2.15. The molecule has 1 aliphatic heterocycles. The van der Waals surface area contributed by atoms with Gasteiger partial charge in [0.15, 0.2) is 0 Å². The molecular weight excluding hydrogens is 440 g/mol. The monoisotopic (exact) mass is 484 g/mol. The highest BCUT2D eigenvalue weighted by Gasteiger charge is 2.23. The van der Waals surface area contributed by atoms with Crippen molar-refractivity contribution < 1.29 is 4.79 Å². The quantitative estimate of drug-likeness (QED) is 0.403. The molecule has 0 aliphatic carbocycles. The first-order valence-electron chi connectivity index (χ1n) is 12.6. The van der Waals surface area contributed by atoms with Gasteiger partial charge in [0.25, 0.3) is 0 Å². The average molecular weight is 485 g/mol. The van der Waals surface area contributed by atoms with Crippen LogP contribution in [-0.2, 0) is 11.2 Å². The molecule has 0 amide bonds. The number of nitriles is 1. The summed E-state index contributed by atoms with van der Waals surface area (Å²) in [6.07, 6.45) is 6.53. The van der Waals surface area contributed by atoms with Crippen LogP contribution in [0.5, 0.6) is 0 Å². The zero-order valence-corrected chi connectivity index (χ0v) is 23.2. The minimum atomic E-state index is 0.530. The Morgan fingerprint density at radius 2 is 1.85 bits per heavy atom. The van der Waals surface area contributed by atoms with Crippen LogP contribution in [0.2, 0.25) is 5.02 Å². The van der Waals surface area contributed by atoms with Crippen LogP contribution in [0.4, 0.5) is 0 Å². The van der Waals surface area contributed by atoms with Crippen molar-refractivity contribution in [2.45, 2.75) is 73.6 Å². The summed E-state index contributed by atoms with van der Waals surface area (Å²) in [4.78, 5) is 11.8. The number of likely N-dealkylation sites (tertiary alicyclic amines) is 1. The molecule has 188 valence electrons. The number of aldehydes is 1. The summed E-state index contributed by atoms with van der Waals surface area (Å²) >= 11 is 5.71. The Morgan fingerprint density at radius 3 is 2.24 bits per heavy atom. The van der Waals surface area contributed by atoms with E-state index < -0.39 is 0 Å². The SMILES string of the molecule is CCC(C)C1CCN(C)C1.CCCC=O.CCc1ccccc1C.Cc1ccc(C#N)c(Cl)c1. The number of benzene rings is 2. The number of halogens is 1. The van der Waals surface area contributed by atoms with Gasteiger partial charge in [0, 0.05) is 13.0 Å². The highest BCUT2D eigenvalue weighted by molar-refractivity contribution is 6.31. The first-order chi connectivity index (χ1) is 16.2. The molecule has 1 heterocycles. The fourth-order valence-corrected chi connectivity index (χ4v) is 3.88. The van der Waals surface area contributed by atoms with E-state index in [4.69, 9.17) is 16.9 Å². The number of nitrogens with zero attached hydrogens (tertiary/aromatic N) is 2. The van der Waals surface area contributed by atoms with Crippen LogP contribution in [0.25, 0.3) is 0 Å². The van der Waals surface area contributed by atoms with Gasteiger partial charge in [-0.2, -0.15) is 5.26 Å². The molecule has 0 bridgehead atoms. The topological polar surface area (TPSA) is 44.1 Å². The molecule has 0 saturated carbocycles. The van der Waals surface area contributed by atoms with E-state index in [1.54, 1.807) is 12.1 Å². The van der Waals surface area contributed by atoms with Gasteiger partial charge in [-0.05, 0) is 87.4 Å². The molecular formula is C30H45ClN2O. The third-order valence-electron chi connectivity index (χ3n) is 6.17. The Kier molecular flexibility index (Phi) is 18.0. The predicted molar refractivity (Wildman–Crippen MR) is 147 cm³/mol. The van der Waals surface area contributed by atoms with Gasteiger partial charge in [-0.15, -0.1) is 0 Å². The molecule has 2 aromatic carbocycles. The maximum Gasteiger partial charge on any atom is 0.119 e. The Morgan fingerprint density at radius 1 is 1.18 bits per heavy atom. The van der Waals surface area contributed by atoms with Crippen molar-refractivity contribution in [3.8, 4) is 6.07 Å². The normalized spacial score (nSPS) is 15.3. The summed E-state index contributed by atoms with van der Waals surface area (Å²) < 4.78 is 0. The molecule has 1 saturated heterocycles. The van der Waals surface area contributed by atoms with E-state index in [9.17, 15) is 4.79 Å². The molecule has 1 aliphatic rings. The van der Waals surface area contributed by atoms with Crippen LogP contribution < -0.4 is 0 Å². The number of aryl methyl sites for hydroxylation is 3. The van der Waals surface area contributed by atoms with Crippen molar-refractivity contribution in [2.24, 2.45) is 11.8 Å². The second-order valence-electron chi connectivity index (χ2n) is 9.03. The molecule has 0 aromatic heterocycles. The third kappa shape index (κ3) is 13.5. The average Bonchev–Trinajstić information content (AvgIpc) is 3.27. The van der Waals surface area contributed by atoms with Crippen molar-refractivity contribution in [3.05, 3.63) is 69.7 Å². The van der Waals surface area contributed by atoms with Crippen molar-refractivity contribution in [1.82, 2.24) is 4.90 Å². The highest BCUT2D eigenvalue weighted by atomic mass is 35.5. The molecule has 0 radical (unpaired) electrons. The van der Waals surface area contributed by atoms with Crippen molar-refractivity contribution in [2.75, 3.05) is 20.1 Å². The van der Waals surface area contributed by atoms with Crippen molar-refractivity contribution >= 4 is 17.9 Å². The number of rotatable bonds is 5. The lowest BCUT2D eigenvalue weighted by molar-refractivity contribution is -0.107. The first kappa shape index (κ1) is 31.9. The van der Waals surface area contributed by atoms with E-state index in [2.05, 4.69) is 63.9 Å². The predicted octanol–water partition coefficient (Wildman–Crippen LogP) is 8.05. The fraction of sp³-hybridized carbons (Fsp3) is 0.533. The molecule has 0 N–H and O–H groups in total. The lowest BCUT2D eigenvalue weighted by Gasteiger charge is -2.16. The van der Waals surface area contributed by atoms with Gasteiger partial charge >= 0.3 is 0 Å². The Balaban J connectivity index is 0.000000439. The van der Waals surface area contributed by atoms with E-state index in [1.165, 1.54) is 37.1 Å². The minimum Gasteiger partial charge on any atom is -0.306 e. The van der Waals surface area contributed by atoms with Gasteiger partial charge in [-0.25, -0.2) is 0 Å². The largest absolute Gasteiger partial charge is 0.306 e. The number of carbonyl (C=O) groups excluding carboxylic acids is 1. The van der Waals surface area contributed by atoms with Gasteiger partial charge in [0.05, 0.1) is 10.6 Å². The van der Waals surface area contributed by atoms with Crippen LogP contribution >= 0.6 is 11.6 Å². The van der Waals surface area contributed by atoms with Gasteiger partial charge in [0.2, 0.25) is 0 Å². The van der Waals surface area contributed by atoms with E-state index in [0.717, 1.165) is 36.5 Å². The summed E-state index contributed by atoms with van der Waals surface area (Å²) in [7, 11) is 2.22. The van der Waals surface area contributed by atoms with Crippen LogP contribution in [0.1, 0.15) is 75.6 Å². The van der Waals surface area contributed by atoms with Crippen LogP contribution in [-0.4, -0.2) is 31.3 Å². The Bertz CT molecular complexity index is 859. The first-order valence-corrected chi connectivity index (χ1v) is 12.9. The zero-order chi connectivity index (χ0) is 25.9. The summed E-state index contributed by atoms with van der Waals surface area (Å²) in [5.74, 6) is 1.92. The maximum atomic E-state index is 9.40. The standard InChI is InChI=1S/C9H19N.C9H12.C8H6ClN.C4H8O/c1-4-8(2)9-5-6-10(3)7-9;1-3-9-7-5-4-6-8(9)2;1-6-2-3-7(5-10)8(9)4-6;1-2-3-4-5/h8-9H,4-7H2,1-3H3;4-7H,3H2,1-2H3;2-4H,1H3;4H,2-3H2,1H3. The van der Waals surface area contributed by atoms with E-state index in [0.29, 0.717) is 17.0 Å². The second kappa shape index (κ2) is 19.2. The zero-order valence-electron chi connectivity index (χ0n) is 22.4. The lowest BCUT2D eigenvalue weighted by Crippen LogP contribution is -2.17. The second-order valence-corrected chi connectivity index (χ2v) is 9.43. The highest BCUT2D eigenvalue weighted by Crippen LogP contribution is 2.24. The van der Waals surface area contributed by atoms with E-state index >= 15 is 0 Å². The fourth-order valence-electron chi connectivity index (χ4n) is 3.60. The van der Waals surface area contributed by atoms with Crippen molar-refractivity contribution in [3.63, 3.8) is 0 Å². The number of carbonyl (C=O) groups is 1. The van der Waals surface area contributed by atoms with Crippen LogP contribution in [0.15, 0.2) is 42.5 Å². The summed E-state index contributed by atoms with van der Waals surface area (Å²) in [5.41, 5.74) is 4.47. The van der Waals surface area contributed by atoms with Gasteiger partial charge < -0.3 is 9.69 Å². The van der Waals surface area contributed by atoms with Gasteiger partial charge in [0.1, 0.15) is 12.4 Å². The molecule has 4 heteroatoms. The van der Waals surface area contributed by atoms with Gasteiger partial charge in [-0.3, -0.25) is 0 Å². The molecule has 3 nitrogen and oxygen atoms in total. The summed E-state index contributed by atoms with van der Waals surface area (Å²) in [6, 6.07) is 15.8. The minimum absolute atomic E-state index is 0.530. The molecule has 0 spiro atoms. The summed E-state index contributed by atoms with van der Waals surface area (Å²) in [6.45, 7) is 15.6. The van der Waals surface area contributed by atoms with E-state index in [-0.39, 0.29) is 0 Å². The number of hydrogen-bond donors (Lipinski definition) is 0. The molecule has 2 aromatic rings. The lowest BCUT2D eigenvalue weighted by atomic mass is 9.91. The van der Waals surface area contributed by atoms with Crippen LogP contribution in [0, 0.1) is 37.0 Å². The number of unbranched alkanes of at least 4 members (excludes halogenated alkanes) is 1. The molecule has 2 unspecified atom stereocenters. The molecule has 34 heavy (non-hydrogen) atoms. The van der Waals surface area contributed by atoms with Gasteiger partial charge in [-0.1, -0.05) is 76.0 Å². The molecule has 1 fully saturated rings. The smallest absolute Gasteiger partial charge is 0.119 e. The number of hydrogen-bond acceptors (Lipinski definition) is 3. The molecule has 2 atom stereocenters. The van der Waals surface area contributed by atoms with Crippen LogP contribution in [0.3, 0.4) is 0 Å². The Labute approximate surface area is 214 Å². The van der Waals surface area contributed by atoms with Crippen molar-refractivity contribution in [1.29, 1.82) is 5.26 Å². The summed E-state index contributed by atoms with van der Waals surface area (Å²) in [5, 5.41) is 9.00.